The number of imidazole rings is 1. The third-order valence-electron chi connectivity index (χ3n) is 6.05. The predicted octanol–water partition coefficient (Wildman–Crippen LogP) is 3.10. The lowest BCUT2D eigenvalue weighted by molar-refractivity contribution is 0.256. The summed E-state index contributed by atoms with van der Waals surface area (Å²) in [5.41, 5.74) is 6.45. The van der Waals surface area contributed by atoms with E-state index in [0.717, 1.165) is 64.9 Å². The van der Waals surface area contributed by atoms with Crippen LogP contribution in [0, 0.1) is 0 Å². The molecule has 0 unspecified atom stereocenters. The maximum atomic E-state index is 4.77. The minimum Gasteiger partial charge on any atom is -0.335 e. The molecule has 0 spiro atoms. The molecule has 0 saturated carbocycles. The Labute approximate surface area is 172 Å². The minimum atomic E-state index is 0.521. The van der Waals surface area contributed by atoms with Gasteiger partial charge in [-0.25, -0.2) is 9.97 Å². The highest BCUT2D eigenvalue weighted by molar-refractivity contribution is 5.94. The molecule has 1 aliphatic heterocycles. The smallest absolute Gasteiger partial charge is 0.178 e. The van der Waals surface area contributed by atoms with Crippen LogP contribution in [0.25, 0.3) is 44.8 Å². The monoisotopic (exact) mass is 399 g/mol. The Morgan fingerprint density at radius 2 is 2.03 bits per heavy atom. The van der Waals surface area contributed by atoms with E-state index in [0.29, 0.717) is 11.7 Å². The number of nitrogens with zero attached hydrogens (tertiary/aromatic N) is 6. The van der Waals surface area contributed by atoms with Crippen molar-refractivity contribution in [1.82, 2.24) is 45.2 Å². The van der Waals surface area contributed by atoms with Crippen molar-refractivity contribution in [3.8, 4) is 22.8 Å². The van der Waals surface area contributed by atoms with Crippen LogP contribution in [0.2, 0.25) is 0 Å². The zero-order valence-corrected chi connectivity index (χ0v) is 16.6. The number of pyridine rings is 2. The molecule has 5 aromatic heterocycles. The van der Waals surface area contributed by atoms with Crippen molar-refractivity contribution in [3.05, 3.63) is 42.5 Å². The highest BCUT2D eigenvalue weighted by Crippen LogP contribution is 2.33. The van der Waals surface area contributed by atoms with E-state index in [4.69, 9.17) is 4.98 Å². The van der Waals surface area contributed by atoms with Gasteiger partial charge in [0, 0.05) is 23.3 Å². The molecule has 1 saturated heterocycles. The maximum absolute atomic E-state index is 4.77. The van der Waals surface area contributed by atoms with Crippen molar-refractivity contribution >= 4 is 22.1 Å². The number of fused-ring (bicyclic) bond motifs is 2. The molecule has 5 aromatic rings. The van der Waals surface area contributed by atoms with Crippen LogP contribution in [0.4, 0.5) is 0 Å². The third-order valence-corrected chi connectivity index (χ3v) is 6.05. The van der Waals surface area contributed by atoms with Gasteiger partial charge in [0.2, 0.25) is 0 Å². The lowest BCUT2D eigenvalue weighted by Gasteiger charge is -2.29. The van der Waals surface area contributed by atoms with Gasteiger partial charge in [0.1, 0.15) is 5.69 Å². The van der Waals surface area contributed by atoms with Crippen LogP contribution in [0.5, 0.6) is 0 Å². The summed E-state index contributed by atoms with van der Waals surface area (Å²) >= 11 is 0. The largest absolute Gasteiger partial charge is 0.335 e. The Morgan fingerprint density at radius 1 is 1.13 bits per heavy atom. The number of piperidine rings is 1. The first-order valence-corrected chi connectivity index (χ1v) is 10.1. The Balaban J connectivity index is 1.45. The van der Waals surface area contributed by atoms with E-state index in [1.165, 1.54) is 5.56 Å². The van der Waals surface area contributed by atoms with Gasteiger partial charge in [0.25, 0.3) is 0 Å². The van der Waals surface area contributed by atoms with E-state index in [2.05, 4.69) is 53.4 Å². The first-order valence-electron chi connectivity index (χ1n) is 10.1. The molecule has 0 aliphatic carbocycles. The summed E-state index contributed by atoms with van der Waals surface area (Å²) in [7, 11) is 2.18. The number of aromatic amines is 3. The number of hydrogen-bond donors (Lipinski definition) is 3. The molecular formula is C21H21N9. The van der Waals surface area contributed by atoms with E-state index >= 15 is 0 Å². The molecule has 0 amide bonds. The minimum absolute atomic E-state index is 0.521. The predicted molar refractivity (Wildman–Crippen MR) is 114 cm³/mol. The lowest BCUT2D eigenvalue weighted by atomic mass is 9.89. The van der Waals surface area contributed by atoms with Crippen molar-refractivity contribution in [1.29, 1.82) is 0 Å². The van der Waals surface area contributed by atoms with Crippen molar-refractivity contribution in [2.24, 2.45) is 0 Å². The van der Waals surface area contributed by atoms with Gasteiger partial charge in [0.05, 0.1) is 29.1 Å². The molecule has 150 valence electrons. The van der Waals surface area contributed by atoms with Crippen molar-refractivity contribution in [3.63, 3.8) is 0 Å². The fourth-order valence-electron chi connectivity index (χ4n) is 4.35. The third kappa shape index (κ3) is 2.78. The van der Waals surface area contributed by atoms with E-state index in [1.807, 2.05) is 18.5 Å². The highest BCUT2D eigenvalue weighted by Gasteiger charge is 2.23. The summed E-state index contributed by atoms with van der Waals surface area (Å²) in [5.74, 6) is 1.24. The normalized spacial score (nSPS) is 16.0. The van der Waals surface area contributed by atoms with Crippen LogP contribution in [0.1, 0.15) is 24.3 Å². The number of nitrogens with one attached hydrogen (secondary N) is 3. The van der Waals surface area contributed by atoms with Gasteiger partial charge in [-0.05, 0) is 56.6 Å². The molecule has 0 aromatic carbocycles. The SMILES string of the molecule is CN1CCC(c2ccnc3nc(-c4n[nH]c5cnc(-c6cn[nH]c6)cc45)[nH]c23)CC1. The second kappa shape index (κ2) is 6.74. The van der Waals surface area contributed by atoms with Gasteiger partial charge in [0.15, 0.2) is 11.5 Å². The summed E-state index contributed by atoms with van der Waals surface area (Å²) in [6, 6.07) is 4.14. The van der Waals surface area contributed by atoms with Crippen molar-refractivity contribution in [2.45, 2.75) is 18.8 Å². The zero-order valence-electron chi connectivity index (χ0n) is 16.6. The fourth-order valence-corrected chi connectivity index (χ4v) is 4.35. The van der Waals surface area contributed by atoms with E-state index in [-0.39, 0.29) is 0 Å². The molecule has 30 heavy (non-hydrogen) atoms. The Kier molecular flexibility index (Phi) is 3.88. The van der Waals surface area contributed by atoms with Crippen molar-refractivity contribution < 1.29 is 0 Å². The summed E-state index contributed by atoms with van der Waals surface area (Å²) in [4.78, 5) is 19.7. The lowest BCUT2D eigenvalue weighted by Crippen LogP contribution is -2.29. The van der Waals surface area contributed by atoms with E-state index in [1.54, 1.807) is 12.4 Å². The number of likely N-dealkylation sites (tertiary alicyclic amines) is 1. The molecule has 6 rings (SSSR count). The van der Waals surface area contributed by atoms with Gasteiger partial charge < -0.3 is 9.88 Å². The first-order chi connectivity index (χ1) is 14.8. The van der Waals surface area contributed by atoms with Gasteiger partial charge in [-0.1, -0.05) is 0 Å². The van der Waals surface area contributed by atoms with Crippen LogP contribution < -0.4 is 0 Å². The zero-order chi connectivity index (χ0) is 20.1. The average Bonchev–Trinajstić information content (AvgIpc) is 3.52. The molecule has 1 fully saturated rings. The van der Waals surface area contributed by atoms with E-state index < -0.39 is 0 Å². The molecule has 0 atom stereocenters. The maximum Gasteiger partial charge on any atom is 0.178 e. The second-order valence-electron chi connectivity index (χ2n) is 7.94. The summed E-state index contributed by atoms with van der Waals surface area (Å²) < 4.78 is 0. The van der Waals surface area contributed by atoms with Crippen LogP contribution in [0.3, 0.4) is 0 Å². The summed E-state index contributed by atoms with van der Waals surface area (Å²) in [5, 5.41) is 15.4. The number of hydrogen-bond acceptors (Lipinski definition) is 6. The van der Waals surface area contributed by atoms with Gasteiger partial charge in [-0.15, -0.1) is 0 Å². The standard InChI is InChI=1S/C21H21N9/c1-30-6-3-12(4-7-30)14-2-5-22-20-18(14)26-21(27-20)19-15-8-16(13-9-24-25-10-13)23-11-17(15)28-29-19/h2,5,8-12H,3-4,6-7H2,1H3,(H,24,25)(H,28,29)(H,22,26,27). The number of aromatic nitrogens is 8. The molecule has 0 bridgehead atoms. The molecule has 9 nitrogen and oxygen atoms in total. The second-order valence-corrected chi connectivity index (χ2v) is 7.94. The molecular weight excluding hydrogens is 378 g/mol. The highest BCUT2D eigenvalue weighted by atomic mass is 15.1. The fraction of sp³-hybridized carbons (Fsp3) is 0.286. The molecule has 6 heterocycles. The summed E-state index contributed by atoms with van der Waals surface area (Å²) in [6.45, 7) is 2.23. The quantitative estimate of drug-likeness (QED) is 0.429. The molecule has 3 N–H and O–H groups in total. The van der Waals surface area contributed by atoms with E-state index in [9.17, 15) is 0 Å². The molecule has 0 radical (unpaired) electrons. The summed E-state index contributed by atoms with van der Waals surface area (Å²) in [6.07, 6.45) is 9.53. The topological polar surface area (TPSA) is 115 Å². The number of H-pyrrole nitrogens is 3. The van der Waals surface area contributed by atoms with Crippen LogP contribution in [-0.2, 0) is 0 Å². The average molecular weight is 399 g/mol. The van der Waals surface area contributed by atoms with Crippen LogP contribution >= 0.6 is 0 Å². The Morgan fingerprint density at radius 3 is 2.87 bits per heavy atom. The first kappa shape index (κ1) is 17.3. The van der Waals surface area contributed by atoms with Crippen molar-refractivity contribution in [2.75, 3.05) is 20.1 Å². The van der Waals surface area contributed by atoms with Gasteiger partial charge in [-0.3, -0.25) is 15.2 Å². The van der Waals surface area contributed by atoms with Crippen LogP contribution in [0.15, 0.2) is 36.9 Å². The van der Waals surface area contributed by atoms with Gasteiger partial charge >= 0.3 is 0 Å². The van der Waals surface area contributed by atoms with Crippen LogP contribution in [-0.4, -0.2) is 65.4 Å². The Hall–Kier alpha value is -3.59. The molecule has 9 heteroatoms. The van der Waals surface area contributed by atoms with Gasteiger partial charge in [-0.2, -0.15) is 10.2 Å². The Bertz CT molecular complexity index is 1320. The number of rotatable bonds is 3. The molecule has 1 aliphatic rings.